The molecule has 21 heavy (non-hydrogen) atoms. The van der Waals surface area contributed by atoms with Crippen LogP contribution in [0.4, 0.5) is 0 Å². The number of aliphatic hydroxyl groups excluding tert-OH is 1. The van der Waals surface area contributed by atoms with Crippen molar-refractivity contribution in [2.75, 3.05) is 13.2 Å². The standard InChI is InChI=1S/C16H19NO3S/c1-2-20-15-6-4-3-5-13(15)16(19)17-9-7-14(18)12-8-10-21-11-12/h3-6,8,10-11,14,18H,2,7,9H2,1H3,(H,17,19). The lowest BCUT2D eigenvalue weighted by Gasteiger charge is -2.12. The van der Waals surface area contributed by atoms with Crippen LogP contribution < -0.4 is 10.1 Å². The minimum Gasteiger partial charge on any atom is -0.493 e. The number of aliphatic hydroxyl groups is 1. The summed E-state index contributed by atoms with van der Waals surface area (Å²) >= 11 is 1.55. The molecule has 0 radical (unpaired) electrons. The molecule has 112 valence electrons. The van der Waals surface area contributed by atoms with Gasteiger partial charge < -0.3 is 15.2 Å². The van der Waals surface area contributed by atoms with E-state index in [1.165, 1.54) is 0 Å². The molecule has 2 rings (SSSR count). The highest BCUT2D eigenvalue weighted by atomic mass is 32.1. The highest BCUT2D eigenvalue weighted by Crippen LogP contribution is 2.20. The molecular weight excluding hydrogens is 286 g/mol. The van der Waals surface area contributed by atoms with Crippen LogP contribution in [0, 0.1) is 0 Å². The molecule has 0 bridgehead atoms. The van der Waals surface area contributed by atoms with E-state index in [1.54, 1.807) is 29.5 Å². The lowest BCUT2D eigenvalue weighted by Crippen LogP contribution is -2.26. The molecule has 1 unspecified atom stereocenters. The second-order valence-electron chi connectivity index (χ2n) is 4.55. The maximum Gasteiger partial charge on any atom is 0.255 e. The van der Waals surface area contributed by atoms with E-state index < -0.39 is 6.10 Å². The van der Waals surface area contributed by atoms with E-state index in [9.17, 15) is 9.90 Å². The number of amides is 1. The summed E-state index contributed by atoms with van der Waals surface area (Å²) in [5.41, 5.74) is 1.41. The maximum absolute atomic E-state index is 12.1. The number of hydrogen-bond donors (Lipinski definition) is 2. The van der Waals surface area contributed by atoms with Gasteiger partial charge in [0.2, 0.25) is 0 Å². The highest BCUT2D eigenvalue weighted by Gasteiger charge is 2.13. The van der Waals surface area contributed by atoms with Crippen LogP contribution in [0.2, 0.25) is 0 Å². The van der Waals surface area contributed by atoms with Gasteiger partial charge in [-0.05, 0) is 47.9 Å². The third-order valence-electron chi connectivity index (χ3n) is 3.06. The van der Waals surface area contributed by atoms with Gasteiger partial charge in [0.25, 0.3) is 5.91 Å². The fourth-order valence-electron chi connectivity index (χ4n) is 1.98. The third kappa shape index (κ3) is 4.31. The Morgan fingerprint density at radius 1 is 1.38 bits per heavy atom. The van der Waals surface area contributed by atoms with Crippen LogP contribution in [0.15, 0.2) is 41.1 Å². The van der Waals surface area contributed by atoms with Gasteiger partial charge in [0.05, 0.1) is 18.3 Å². The van der Waals surface area contributed by atoms with Crippen molar-refractivity contribution in [2.45, 2.75) is 19.4 Å². The van der Waals surface area contributed by atoms with Crippen LogP contribution in [0.1, 0.15) is 35.4 Å². The van der Waals surface area contributed by atoms with Crippen molar-refractivity contribution in [3.8, 4) is 5.75 Å². The Labute approximate surface area is 128 Å². The van der Waals surface area contributed by atoms with E-state index in [4.69, 9.17) is 4.74 Å². The Hall–Kier alpha value is -1.85. The molecule has 0 saturated heterocycles. The molecule has 1 heterocycles. The van der Waals surface area contributed by atoms with Gasteiger partial charge in [-0.25, -0.2) is 0 Å². The summed E-state index contributed by atoms with van der Waals surface area (Å²) in [5, 5.41) is 16.6. The van der Waals surface area contributed by atoms with Gasteiger partial charge in [0, 0.05) is 6.54 Å². The Bertz CT molecular complexity index is 569. The first-order chi connectivity index (χ1) is 10.2. The molecular formula is C16H19NO3S. The molecule has 1 aromatic carbocycles. The van der Waals surface area contributed by atoms with Gasteiger partial charge in [-0.1, -0.05) is 12.1 Å². The van der Waals surface area contributed by atoms with Crippen molar-refractivity contribution >= 4 is 17.2 Å². The molecule has 0 aliphatic rings. The van der Waals surface area contributed by atoms with E-state index in [0.29, 0.717) is 30.9 Å². The average Bonchev–Trinajstić information content (AvgIpc) is 3.02. The topological polar surface area (TPSA) is 58.6 Å². The summed E-state index contributed by atoms with van der Waals surface area (Å²) in [6.07, 6.45) is -0.0575. The van der Waals surface area contributed by atoms with E-state index in [2.05, 4.69) is 5.32 Å². The normalized spacial score (nSPS) is 11.9. The van der Waals surface area contributed by atoms with Crippen LogP contribution in [-0.4, -0.2) is 24.2 Å². The molecule has 1 aromatic heterocycles. The van der Waals surface area contributed by atoms with E-state index in [1.807, 2.05) is 29.8 Å². The van der Waals surface area contributed by atoms with Crippen molar-refractivity contribution in [2.24, 2.45) is 0 Å². The molecule has 2 aromatic rings. The molecule has 0 spiro atoms. The minimum atomic E-state index is -0.543. The SMILES string of the molecule is CCOc1ccccc1C(=O)NCCC(O)c1ccsc1. The predicted octanol–water partition coefficient (Wildman–Crippen LogP) is 3.00. The lowest BCUT2D eigenvalue weighted by molar-refractivity contribution is 0.0939. The van der Waals surface area contributed by atoms with E-state index in [-0.39, 0.29) is 5.91 Å². The number of rotatable bonds is 7. The van der Waals surface area contributed by atoms with Crippen LogP contribution in [0.5, 0.6) is 5.75 Å². The fraction of sp³-hybridized carbons (Fsp3) is 0.312. The molecule has 0 aliphatic carbocycles. The van der Waals surface area contributed by atoms with Crippen molar-refractivity contribution in [1.29, 1.82) is 0 Å². The number of hydrogen-bond acceptors (Lipinski definition) is 4. The van der Waals surface area contributed by atoms with Crippen LogP contribution in [0.3, 0.4) is 0 Å². The van der Waals surface area contributed by atoms with Crippen LogP contribution in [-0.2, 0) is 0 Å². The first-order valence-electron chi connectivity index (χ1n) is 6.92. The Balaban J connectivity index is 1.87. The number of carbonyl (C=O) groups excluding carboxylic acids is 1. The second kappa shape index (κ2) is 7.81. The zero-order chi connectivity index (χ0) is 15.1. The smallest absolute Gasteiger partial charge is 0.255 e. The van der Waals surface area contributed by atoms with Gasteiger partial charge in [-0.15, -0.1) is 0 Å². The van der Waals surface area contributed by atoms with E-state index >= 15 is 0 Å². The van der Waals surface area contributed by atoms with Crippen LogP contribution >= 0.6 is 11.3 Å². The quantitative estimate of drug-likeness (QED) is 0.826. The summed E-state index contributed by atoms with van der Waals surface area (Å²) in [5.74, 6) is 0.396. The predicted molar refractivity (Wildman–Crippen MR) is 83.8 cm³/mol. The molecule has 1 amide bonds. The summed E-state index contributed by atoms with van der Waals surface area (Å²) in [4.78, 5) is 12.1. The number of ether oxygens (including phenoxy) is 1. The third-order valence-corrected chi connectivity index (χ3v) is 3.76. The van der Waals surface area contributed by atoms with Gasteiger partial charge in [0.1, 0.15) is 5.75 Å². The van der Waals surface area contributed by atoms with Gasteiger partial charge in [0.15, 0.2) is 0 Å². The molecule has 0 fully saturated rings. The Kier molecular flexibility index (Phi) is 5.78. The minimum absolute atomic E-state index is 0.184. The number of benzene rings is 1. The summed E-state index contributed by atoms with van der Waals surface area (Å²) < 4.78 is 5.44. The largest absolute Gasteiger partial charge is 0.493 e. The summed E-state index contributed by atoms with van der Waals surface area (Å²) in [7, 11) is 0. The van der Waals surface area contributed by atoms with Crippen molar-refractivity contribution in [3.63, 3.8) is 0 Å². The van der Waals surface area contributed by atoms with Gasteiger partial charge in [-0.2, -0.15) is 11.3 Å². The second-order valence-corrected chi connectivity index (χ2v) is 5.33. The first-order valence-corrected chi connectivity index (χ1v) is 7.86. The zero-order valence-electron chi connectivity index (χ0n) is 11.9. The average molecular weight is 305 g/mol. The number of para-hydroxylation sites is 1. The Morgan fingerprint density at radius 3 is 2.90 bits per heavy atom. The summed E-state index contributed by atoms with van der Waals surface area (Å²) in [6, 6.07) is 9.04. The van der Waals surface area contributed by atoms with Crippen molar-refractivity contribution in [3.05, 3.63) is 52.2 Å². The monoisotopic (exact) mass is 305 g/mol. The highest BCUT2D eigenvalue weighted by molar-refractivity contribution is 7.07. The van der Waals surface area contributed by atoms with Gasteiger partial charge >= 0.3 is 0 Å². The van der Waals surface area contributed by atoms with E-state index in [0.717, 1.165) is 5.56 Å². The number of thiophene rings is 1. The van der Waals surface area contributed by atoms with Crippen LogP contribution in [0.25, 0.3) is 0 Å². The molecule has 0 saturated carbocycles. The van der Waals surface area contributed by atoms with Crippen molar-refractivity contribution in [1.82, 2.24) is 5.32 Å². The van der Waals surface area contributed by atoms with Crippen molar-refractivity contribution < 1.29 is 14.6 Å². The number of nitrogens with one attached hydrogen (secondary N) is 1. The molecule has 4 nitrogen and oxygen atoms in total. The zero-order valence-corrected chi connectivity index (χ0v) is 12.7. The molecule has 5 heteroatoms. The fourth-order valence-corrected chi connectivity index (χ4v) is 2.69. The maximum atomic E-state index is 12.1. The first kappa shape index (κ1) is 15.5. The lowest BCUT2D eigenvalue weighted by atomic mass is 10.1. The molecule has 2 N–H and O–H groups in total. The molecule has 1 atom stereocenters. The summed E-state index contributed by atoms with van der Waals surface area (Å²) in [6.45, 7) is 2.81. The van der Waals surface area contributed by atoms with Gasteiger partial charge in [-0.3, -0.25) is 4.79 Å². The Morgan fingerprint density at radius 2 is 2.19 bits per heavy atom. The number of carbonyl (C=O) groups is 1. The molecule has 0 aliphatic heterocycles.